The van der Waals surface area contributed by atoms with Gasteiger partial charge >= 0.3 is 6.09 Å². The molecule has 0 aliphatic heterocycles. The first kappa shape index (κ1) is 15.5. The summed E-state index contributed by atoms with van der Waals surface area (Å²) in [5.41, 5.74) is 1.20. The summed E-state index contributed by atoms with van der Waals surface area (Å²) in [6.07, 6.45) is 2.93. The lowest BCUT2D eigenvalue weighted by molar-refractivity contribution is 0.133. The molecule has 0 saturated carbocycles. The van der Waals surface area contributed by atoms with Crippen LogP contribution in [0.15, 0.2) is 30.3 Å². The van der Waals surface area contributed by atoms with Crippen molar-refractivity contribution in [3.05, 3.63) is 35.9 Å². The number of rotatable bonds is 8. The number of amides is 1. The summed E-state index contributed by atoms with van der Waals surface area (Å²) >= 11 is 0. The topological polar surface area (TPSA) is 58.6 Å². The smallest absolute Gasteiger partial charge is 0.407 e. The molecule has 4 nitrogen and oxygen atoms in total. The number of carbonyl (C=O) groups is 1. The van der Waals surface area contributed by atoms with Gasteiger partial charge in [0, 0.05) is 0 Å². The molecule has 106 valence electrons. The predicted octanol–water partition coefficient (Wildman–Crippen LogP) is 2.51. The van der Waals surface area contributed by atoms with Gasteiger partial charge in [-0.05, 0) is 24.8 Å². The van der Waals surface area contributed by atoms with E-state index >= 15 is 0 Å². The van der Waals surface area contributed by atoms with E-state index in [1.807, 2.05) is 37.3 Å². The van der Waals surface area contributed by atoms with Gasteiger partial charge in [0.1, 0.15) is 0 Å². The summed E-state index contributed by atoms with van der Waals surface area (Å²) in [5, 5.41) is 11.9. The lowest BCUT2D eigenvalue weighted by Gasteiger charge is -2.16. The van der Waals surface area contributed by atoms with E-state index < -0.39 is 6.09 Å². The molecule has 0 aliphatic carbocycles. The number of hydrogen-bond acceptors (Lipinski definition) is 3. The minimum Gasteiger partial charge on any atom is -0.450 e. The van der Waals surface area contributed by atoms with E-state index in [9.17, 15) is 9.90 Å². The van der Waals surface area contributed by atoms with Gasteiger partial charge in [-0.3, -0.25) is 0 Å². The molecule has 1 aromatic rings. The monoisotopic (exact) mass is 265 g/mol. The fourth-order valence-electron chi connectivity index (χ4n) is 1.71. The number of aliphatic hydroxyl groups excluding tert-OH is 1. The molecule has 0 aliphatic rings. The third-order valence-electron chi connectivity index (χ3n) is 2.90. The first-order valence-electron chi connectivity index (χ1n) is 6.84. The van der Waals surface area contributed by atoms with E-state index in [0.29, 0.717) is 13.0 Å². The van der Waals surface area contributed by atoms with Crippen molar-refractivity contribution in [2.45, 2.75) is 38.6 Å². The van der Waals surface area contributed by atoms with E-state index in [1.54, 1.807) is 0 Å². The van der Waals surface area contributed by atoms with Crippen molar-refractivity contribution < 1.29 is 14.6 Å². The number of benzene rings is 1. The molecule has 0 fully saturated rings. The predicted molar refractivity (Wildman–Crippen MR) is 75.0 cm³/mol. The van der Waals surface area contributed by atoms with E-state index in [2.05, 4.69) is 5.32 Å². The third-order valence-corrected chi connectivity index (χ3v) is 2.90. The SMILES string of the molecule is CCCCOC(=O)N[C@@H](CO)CCc1ccccc1. The van der Waals surface area contributed by atoms with Crippen LogP contribution in [0.1, 0.15) is 31.7 Å². The molecule has 4 heteroatoms. The average molecular weight is 265 g/mol. The van der Waals surface area contributed by atoms with Crippen LogP contribution in [0.4, 0.5) is 4.79 Å². The van der Waals surface area contributed by atoms with E-state index in [4.69, 9.17) is 4.74 Å². The van der Waals surface area contributed by atoms with Crippen molar-refractivity contribution in [2.75, 3.05) is 13.2 Å². The second-order valence-electron chi connectivity index (χ2n) is 4.54. The molecule has 0 heterocycles. The number of unbranched alkanes of at least 4 members (excludes halogenated alkanes) is 1. The Balaban J connectivity index is 2.27. The Morgan fingerprint density at radius 1 is 1.37 bits per heavy atom. The minimum atomic E-state index is -0.444. The largest absolute Gasteiger partial charge is 0.450 e. The first-order valence-corrected chi connectivity index (χ1v) is 6.84. The molecular formula is C15H23NO3. The van der Waals surface area contributed by atoms with Gasteiger partial charge in [0.15, 0.2) is 0 Å². The minimum absolute atomic E-state index is 0.0737. The molecule has 0 spiro atoms. The molecule has 19 heavy (non-hydrogen) atoms. The number of aryl methyl sites for hydroxylation is 1. The van der Waals surface area contributed by atoms with Gasteiger partial charge in [-0.15, -0.1) is 0 Å². The maximum Gasteiger partial charge on any atom is 0.407 e. The van der Waals surface area contributed by atoms with Crippen LogP contribution in [-0.2, 0) is 11.2 Å². The zero-order chi connectivity index (χ0) is 13.9. The fraction of sp³-hybridized carbons (Fsp3) is 0.533. The molecular weight excluding hydrogens is 242 g/mol. The van der Waals surface area contributed by atoms with Crippen LogP contribution in [0.2, 0.25) is 0 Å². The lowest BCUT2D eigenvalue weighted by Crippen LogP contribution is -2.38. The van der Waals surface area contributed by atoms with Crippen LogP contribution in [-0.4, -0.2) is 30.5 Å². The van der Waals surface area contributed by atoms with Crippen molar-refractivity contribution in [3.63, 3.8) is 0 Å². The zero-order valence-electron chi connectivity index (χ0n) is 11.5. The van der Waals surface area contributed by atoms with Gasteiger partial charge in [-0.25, -0.2) is 4.79 Å². The quantitative estimate of drug-likeness (QED) is 0.710. The number of carbonyl (C=O) groups excluding carboxylic acids is 1. The second-order valence-corrected chi connectivity index (χ2v) is 4.54. The van der Waals surface area contributed by atoms with Crippen LogP contribution >= 0.6 is 0 Å². The van der Waals surface area contributed by atoms with Gasteiger partial charge in [-0.2, -0.15) is 0 Å². The molecule has 1 rings (SSSR count). The van der Waals surface area contributed by atoms with Crippen molar-refractivity contribution in [1.82, 2.24) is 5.32 Å². The highest BCUT2D eigenvalue weighted by Gasteiger charge is 2.12. The molecule has 1 amide bonds. The summed E-state index contributed by atoms with van der Waals surface area (Å²) in [6, 6.07) is 9.75. The first-order chi connectivity index (χ1) is 9.26. The highest BCUT2D eigenvalue weighted by atomic mass is 16.5. The number of alkyl carbamates (subject to hydrolysis) is 1. The van der Waals surface area contributed by atoms with Gasteiger partial charge in [-0.1, -0.05) is 43.7 Å². The summed E-state index contributed by atoms with van der Waals surface area (Å²) in [7, 11) is 0. The molecule has 1 aromatic carbocycles. The molecule has 0 saturated heterocycles. The molecule has 2 N–H and O–H groups in total. The number of ether oxygens (including phenoxy) is 1. The Bertz CT molecular complexity index is 354. The lowest BCUT2D eigenvalue weighted by atomic mass is 10.1. The summed E-state index contributed by atoms with van der Waals surface area (Å²) < 4.78 is 5.01. The molecule has 0 bridgehead atoms. The summed E-state index contributed by atoms with van der Waals surface area (Å²) in [6.45, 7) is 2.40. The Morgan fingerprint density at radius 3 is 2.74 bits per heavy atom. The Labute approximate surface area is 114 Å². The normalized spacial score (nSPS) is 11.9. The number of nitrogens with one attached hydrogen (secondary N) is 1. The molecule has 1 atom stereocenters. The average Bonchev–Trinajstić information content (AvgIpc) is 2.45. The van der Waals surface area contributed by atoms with E-state index in [1.165, 1.54) is 5.56 Å². The van der Waals surface area contributed by atoms with Crippen LogP contribution in [0.25, 0.3) is 0 Å². The highest BCUT2D eigenvalue weighted by molar-refractivity contribution is 5.67. The Morgan fingerprint density at radius 2 is 2.11 bits per heavy atom. The second kappa shape index (κ2) is 9.39. The van der Waals surface area contributed by atoms with Gasteiger partial charge < -0.3 is 15.2 Å². The molecule has 0 aromatic heterocycles. The Hall–Kier alpha value is -1.55. The highest BCUT2D eigenvalue weighted by Crippen LogP contribution is 2.05. The zero-order valence-corrected chi connectivity index (χ0v) is 11.5. The summed E-state index contributed by atoms with van der Waals surface area (Å²) in [4.78, 5) is 11.5. The molecule has 0 unspecified atom stereocenters. The van der Waals surface area contributed by atoms with Crippen molar-refractivity contribution >= 4 is 6.09 Å². The standard InChI is InChI=1S/C15H23NO3/c1-2-3-11-19-15(18)16-14(12-17)10-9-13-7-5-4-6-8-13/h4-8,14,17H,2-3,9-12H2,1H3,(H,16,18)/t14-/m1/s1. The van der Waals surface area contributed by atoms with Crippen molar-refractivity contribution in [2.24, 2.45) is 0 Å². The maximum absolute atomic E-state index is 11.5. The van der Waals surface area contributed by atoms with Crippen molar-refractivity contribution in [3.8, 4) is 0 Å². The third kappa shape index (κ3) is 6.82. The van der Waals surface area contributed by atoms with Crippen LogP contribution in [0, 0.1) is 0 Å². The van der Waals surface area contributed by atoms with Crippen LogP contribution in [0.3, 0.4) is 0 Å². The number of hydrogen-bond donors (Lipinski definition) is 2. The summed E-state index contributed by atoms with van der Waals surface area (Å²) in [5.74, 6) is 0. The van der Waals surface area contributed by atoms with E-state index in [0.717, 1.165) is 19.3 Å². The van der Waals surface area contributed by atoms with Crippen LogP contribution < -0.4 is 5.32 Å². The van der Waals surface area contributed by atoms with Crippen molar-refractivity contribution in [1.29, 1.82) is 0 Å². The molecule has 0 radical (unpaired) electrons. The van der Waals surface area contributed by atoms with E-state index in [-0.39, 0.29) is 12.6 Å². The maximum atomic E-state index is 11.5. The van der Waals surface area contributed by atoms with Gasteiger partial charge in [0.05, 0.1) is 19.3 Å². The van der Waals surface area contributed by atoms with Gasteiger partial charge in [0.2, 0.25) is 0 Å². The number of aliphatic hydroxyl groups is 1. The Kier molecular flexibility index (Phi) is 7.66. The van der Waals surface area contributed by atoms with Gasteiger partial charge in [0.25, 0.3) is 0 Å². The van der Waals surface area contributed by atoms with Crippen LogP contribution in [0.5, 0.6) is 0 Å². The fourth-order valence-corrected chi connectivity index (χ4v) is 1.71.